The van der Waals surface area contributed by atoms with Gasteiger partial charge in [-0.1, -0.05) is 33.1 Å². The molecule has 1 spiro atoms. The molecule has 2 rings (SSSR count). The number of hydrogen-bond acceptors (Lipinski definition) is 3. The van der Waals surface area contributed by atoms with Crippen LogP contribution < -0.4 is 0 Å². The SMILES string of the molecule is CC(C)C(CN1C(=O)CC2(CCCCC2)C1=O)C(=O)O. The van der Waals surface area contributed by atoms with Crippen molar-refractivity contribution in [2.75, 3.05) is 6.54 Å². The molecule has 2 amide bonds. The smallest absolute Gasteiger partial charge is 0.308 e. The first kappa shape index (κ1) is 15.0. The number of rotatable bonds is 4. The fraction of sp³-hybridized carbons (Fsp3) is 0.800. The summed E-state index contributed by atoms with van der Waals surface area (Å²) in [4.78, 5) is 37.2. The number of amides is 2. The van der Waals surface area contributed by atoms with Crippen molar-refractivity contribution < 1.29 is 19.5 Å². The van der Waals surface area contributed by atoms with Gasteiger partial charge in [-0.25, -0.2) is 0 Å². The van der Waals surface area contributed by atoms with Crippen LogP contribution in [0.15, 0.2) is 0 Å². The van der Waals surface area contributed by atoms with E-state index in [4.69, 9.17) is 0 Å². The van der Waals surface area contributed by atoms with Gasteiger partial charge in [-0.05, 0) is 18.8 Å². The van der Waals surface area contributed by atoms with E-state index in [1.54, 1.807) is 13.8 Å². The highest BCUT2D eigenvalue weighted by molar-refractivity contribution is 6.06. The zero-order chi connectivity index (χ0) is 14.9. The summed E-state index contributed by atoms with van der Waals surface area (Å²) in [5.41, 5.74) is -0.518. The largest absolute Gasteiger partial charge is 0.481 e. The molecule has 0 aromatic carbocycles. The third-order valence-corrected chi connectivity index (χ3v) is 4.80. The van der Waals surface area contributed by atoms with Gasteiger partial charge in [0.1, 0.15) is 0 Å². The molecular weight excluding hydrogens is 258 g/mol. The fourth-order valence-electron chi connectivity index (χ4n) is 3.43. The van der Waals surface area contributed by atoms with E-state index in [9.17, 15) is 19.5 Å². The Morgan fingerprint density at radius 2 is 1.85 bits per heavy atom. The Bertz CT molecular complexity index is 424. The topological polar surface area (TPSA) is 74.7 Å². The number of carboxylic acid groups (broad SMARTS) is 1. The van der Waals surface area contributed by atoms with E-state index >= 15 is 0 Å². The molecule has 1 aliphatic carbocycles. The van der Waals surface area contributed by atoms with Crippen molar-refractivity contribution in [2.24, 2.45) is 17.3 Å². The van der Waals surface area contributed by atoms with Crippen LogP contribution in [0, 0.1) is 17.3 Å². The second-order valence-corrected chi connectivity index (χ2v) is 6.52. The van der Waals surface area contributed by atoms with Crippen LogP contribution in [0.3, 0.4) is 0 Å². The van der Waals surface area contributed by atoms with Crippen molar-refractivity contribution in [3.05, 3.63) is 0 Å². The van der Waals surface area contributed by atoms with Gasteiger partial charge in [-0.2, -0.15) is 0 Å². The zero-order valence-corrected chi connectivity index (χ0v) is 12.2. The Balaban J connectivity index is 2.14. The lowest BCUT2D eigenvalue weighted by molar-refractivity contribution is -0.148. The molecule has 1 N–H and O–H groups in total. The molecule has 0 aromatic heterocycles. The number of carbonyl (C=O) groups excluding carboxylic acids is 2. The number of carbonyl (C=O) groups is 3. The lowest BCUT2D eigenvalue weighted by Gasteiger charge is -2.31. The summed E-state index contributed by atoms with van der Waals surface area (Å²) in [6.07, 6.45) is 4.91. The van der Waals surface area contributed by atoms with E-state index in [1.165, 1.54) is 4.90 Å². The fourth-order valence-corrected chi connectivity index (χ4v) is 3.43. The van der Waals surface area contributed by atoms with Crippen molar-refractivity contribution in [3.8, 4) is 0 Å². The first-order chi connectivity index (χ1) is 9.37. The molecule has 0 bridgehead atoms. The molecule has 112 valence electrons. The van der Waals surface area contributed by atoms with E-state index in [0.717, 1.165) is 32.1 Å². The van der Waals surface area contributed by atoms with Crippen molar-refractivity contribution in [1.82, 2.24) is 4.90 Å². The number of hydrogen-bond donors (Lipinski definition) is 1. The molecule has 20 heavy (non-hydrogen) atoms. The third-order valence-electron chi connectivity index (χ3n) is 4.80. The number of aliphatic carboxylic acids is 1. The van der Waals surface area contributed by atoms with Crippen molar-refractivity contribution >= 4 is 17.8 Å². The highest BCUT2D eigenvalue weighted by Crippen LogP contribution is 2.45. The van der Waals surface area contributed by atoms with Crippen LogP contribution in [-0.2, 0) is 14.4 Å². The normalized spacial score (nSPS) is 23.6. The first-order valence-corrected chi connectivity index (χ1v) is 7.45. The zero-order valence-electron chi connectivity index (χ0n) is 12.2. The predicted octanol–water partition coefficient (Wildman–Crippen LogP) is 2.05. The molecule has 5 nitrogen and oxygen atoms in total. The Labute approximate surface area is 119 Å². The summed E-state index contributed by atoms with van der Waals surface area (Å²) in [5, 5.41) is 9.23. The Hall–Kier alpha value is -1.39. The van der Waals surface area contributed by atoms with Crippen LogP contribution in [0.25, 0.3) is 0 Å². The van der Waals surface area contributed by atoms with E-state index in [-0.39, 0.29) is 30.7 Å². The molecule has 2 fully saturated rings. The van der Waals surface area contributed by atoms with Crippen molar-refractivity contribution in [2.45, 2.75) is 52.4 Å². The average molecular weight is 281 g/mol. The van der Waals surface area contributed by atoms with Crippen molar-refractivity contribution in [1.29, 1.82) is 0 Å². The minimum atomic E-state index is -0.940. The maximum Gasteiger partial charge on any atom is 0.308 e. The minimum absolute atomic E-state index is 0.0203. The van der Waals surface area contributed by atoms with Gasteiger partial charge in [0.2, 0.25) is 11.8 Å². The van der Waals surface area contributed by atoms with Gasteiger partial charge in [0.05, 0.1) is 11.3 Å². The van der Waals surface area contributed by atoms with Crippen LogP contribution >= 0.6 is 0 Å². The summed E-state index contributed by atoms with van der Waals surface area (Å²) in [7, 11) is 0. The molecule has 1 heterocycles. The summed E-state index contributed by atoms with van der Waals surface area (Å²) in [6, 6.07) is 0. The average Bonchev–Trinajstić information content (AvgIpc) is 2.59. The highest BCUT2D eigenvalue weighted by atomic mass is 16.4. The number of nitrogens with zero attached hydrogens (tertiary/aromatic N) is 1. The molecule has 0 aromatic rings. The number of carboxylic acids is 1. The first-order valence-electron chi connectivity index (χ1n) is 7.45. The number of imide groups is 1. The highest BCUT2D eigenvalue weighted by Gasteiger charge is 2.52. The quantitative estimate of drug-likeness (QED) is 0.800. The standard InChI is InChI=1S/C15H23NO4/c1-10(2)11(13(18)19)9-16-12(17)8-15(14(16)20)6-4-3-5-7-15/h10-11H,3-9H2,1-2H3,(H,18,19). The second-order valence-electron chi connectivity index (χ2n) is 6.52. The lowest BCUT2D eigenvalue weighted by Crippen LogP contribution is -2.42. The van der Waals surface area contributed by atoms with E-state index < -0.39 is 17.3 Å². The van der Waals surface area contributed by atoms with Gasteiger partial charge in [-0.15, -0.1) is 0 Å². The Morgan fingerprint density at radius 3 is 2.35 bits per heavy atom. The predicted molar refractivity (Wildman–Crippen MR) is 72.8 cm³/mol. The van der Waals surface area contributed by atoms with Crippen LogP contribution in [0.1, 0.15) is 52.4 Å². The summed E-state index contributed by atoms with van der Waals surface area (Å²) < 4.78 is 0. The van der Waals surface area contributed by atoms with Gasteiger partial charge in [0, 0.05) is 13.0 Å². The molecule has 1 saturated heterocycles. The summed E-state index contributed by atoms with van der Waals surface area (Å²) in [5.74, 6) is -2.04. The third kappa shape index (κ3) is 2.58. The summed E-state index contributed by atoms with van der Waals surface area (Å²) >= 11 is 0. The van der Waals surface area contributed by atoms with Crippen LogP contribution in [0.4, 0.5) is 0 Å². The molecule has 1 unspecified atom stereocenters. The molecule has 2 aliphatic rings. The Morgan fingerprint density at radius 1 is 1.25 bits per heavy atom. The van der Waals surface area contributed by atoms with E-state index in [2.05, 4.69) is 0 Å². The molecular formula is C15H23NO4. The van der Waals surface area contributed by atoms with Gasteiger partial charge in [-0.3, -0.25) is 19.3 Å². The lowest BCUT2D eigenvalue weighted by atomic mass is 9.73. The van der Waals surface area contributed by atoms with Gasteiger partial charge in [0.15, 0.2) is 0 Å². The van der Waals surface area contributed by atoms with E-state index in [0.29, 0.717) is 0 Å². The monoisotopic (exact) mass is 281 g/mol. The molecule has 1 aliphatic heterocycles. The van der Waals surface area contributed by atoms with Crippen LogP contribution in [0.5, 0.6) is 0 Å². The van der Waals surface area contributed by atoms with Crippen LogP contribution in [0.2, 0.25) is 0 Å². The van der Waals surface area contributed by atoms with E-state index in [1.807, 2.05) is 0 Å². The molecule has 0 radical (unpaired) electrons. The molecule has 1 saturated carbocycles. The van der Waals surface area contributed by atoms with Gasteiger partial charge >= 0.3 is 5.97 Å². The molecule has 1 atom stereocenters. The van der Waals surface area contributed by atoms with Crippen LogP contribution in [-0.4, -0.2) is 34.3 Å². The second kappa shape index (κ2) is 5.54. The van der Waals surface area contributed by atoms with Gasteiger partial charge in [0.25, 0.3) is 0 Å². The Kier molecular flexibility index (Phi) is 4.16. The summed E-state index contributed by atoms with van der Waals surface area (Å²) in [6.45, 7) is 3.63. The van der Waals surface area contributed by atoms with Crippen molar-refractivity contribution in [3.63, 3.8) is 0 Å². The van der Waals surface area contributed by atoms with Gasteiger partial charge < -0.3 is 5.11 Å². The minimum Gasteiger partial charge on any atom is -0.481 e. The maximum absolute atomic E-state index is 12.6. The molecule has 5 heteroatoms. The maximum atomic E-state index is 12.6. The number of likely N-dealkylation sites (tertiary alicyclic amines) is 1.